The molecule has 4 atom stereocenters. The third kappa shape index (κ3) is 11.1. The first kappa shape index (κ1) is 54.0. The molecule has 2 aliphatic rings. The van der Waals surface area contributed by atoms with Gasteiger partial charge in [0.15, 0.2) is 0 Å². The van der Waals surface area contributed by atoms with Crippen molar-refractivity contribution in [3.63, 3.8) is 0 Å². The minimum atomic E-state index is -2.94. The van der Waals surface area contributed by atoms with Crippen molar-refractivity contribution in [2.75, 3.05) is 0 Å². The number of benzene rings is 3. The van der Waals surface area contributed by atoms with Gasteiger partial charge in [-0.25, -0.2) is 0 Å². The smallest absolute Gasteiger partial charge is 1.00 e. The van der Waals surface area contributed by atoms with Crippen LogP contribution in [0.25, 0.3) is 0 Å². The SMILES string of the molecule is CC1[CH-]C2C=CC=CC2C1[Si](c1cc(C(C)(C)C)cc(C(C)(C)C)c1)(c1cc(C(C)(C)C)cc(C(C)(C)C)c1)c1cc(C(C)(C)C)cc(C(C)(C)C)c1.[Cl-].[Cl-].[Cl-].[Ti+4]. The van der Waals surface area contributed by atoms with Gasteiger partial charge >= 0.3 is 21.7 Å². The van der Waals surface area contributed by atoms with E-state index in [0.717, 1.165) is 0 Å². The first-order chi connectivity index (χ1) is 23.9. The monoisotopic (exact) mass is 880 g/mol. The fourth-order valence-corrected chi connectivity index (χ4v) is 15.2. The molecule has 3 aromatic rings. The predicted molar refractivity (Wildman–Crippen MR) is 239 cm³/mol. The van der Waals surface area contributed by atoms with Crippen molar-refractivity contribution >= 4 is 23.6 Å². The van der Waals surface area contributed by atoms with E-state index in [0.29, 0.717) is 23.3 Å². The molecule has 0 aromatic heterocycles. The second-order valence-corrected chi connectivity index (χ2v) is 27.2. The number of hydrogen-bond donors (Lipinski definition) is 0. The summed E-state index contributed by atoms with van der Waals surface area (Å²) in [6.07, 6.45) is 12.4. The molecular formula is C52H75Cl3SiTi. The van der Waals surface area contributed by atoms with Gasteiger partial charge in [-0.05, 0) is 87.3 Å². The van der Waals surface area contributed by atoms with Gasteiger partial charge in [0.25, 0.3) is 0 Å². The van der Waals surface area contributed by atoms with Gasteiger partial charge < -0.3 is 43.6 Å². The van der Waals surface area contributed by atoms with Crippen molar-refractivity contribution in [2.24, 2.45) is 17.8 Å². The molecule has 0 bridgehead atoms. The van der Waals surface area contributed by atoms with Crippen LogP contribution in [0.1, 0.15) is 165 Å². The molecule has 5 rings (SSSR count). The van der Waals surface area contributed by atoms with Crippen molar-refractivity contribution in [3.05, 3.63) is 119 Å². The van der Waals surface area contributed by atoms with Crippen LogP contribution >= 0.6 is 0 Å². The van der Waals surface area contributed by atoms with E-state index in [2.05, 4.69) is 217 Å². The number of allylic oxidation sites excluding steroid dienone is 4. The summed E-state index contributed by atoms with van der Waals surface area (Å²) in [4.78, 5) is 0. The summed E-state index contributed by atoms with van der Waals surface area (Å²) in [5, 5.41) is 4.75. The van der Waals surface area contributed by atoms with Crippen LogP contribution in [0, 0.1) is 24.2 Å². The maximum atomic E-state index is 2.71. The molecule has 0 spiro atoms. The zero-order valence-electron chi connectivity index (χ0n) is 39.0. The first-order valence-corrected chi connectivity index (χ1v) is 22.7. The van der Waals surface area contributed by atoms with Gasteiger partial charge in [0.2, 0.25) is 0 Å². The van der Waals surface area contributed by atoms with E-state index in [9.17, 15) is 0 Å². The Hall–Kier alpha value is -1.06. The summed E-state index contributed by atoms with van der Waals surface area (Å²) in [6.45, 7) is 46.0. The Morgan fingerprint density at radius 2 is 0.649 bits per heavy atom. The average molecular weight is 882 g/mol. The van der Waals surface area contributed by atoms with Crippen LogP contribution in [0.15, 0.2) is 78.9 Å². The summed E-state index contributed by atoms with van der Waals surface area (Å²) in [6, 6.07) is 23.8. The molecule has 3 aromatic carbocycles. The van der Waals surface area contributed by atoms with Gasteiger partial charge in [0, 0.05) is 0 Å². The average Bonchev–Trinajstić information content (AvgIpc) is 3.34. The van der Waals surface area contributed by atoms with E-state index in [-0.39, 0.29) is 91.4 Å². The Morgan fingerprint density at radius 3 is 0.895 bits per heavy atom. The minimum Gasteiger partial charge on any atom is -1.00 e. The molecule has 0 N–H and O–H groups in total. The summed E-state index contributed by atoms with van der Waals surface area (Å²) in [5.41, 5.74) is 9.19. The third-order valence-corrected chi connectivity index (χ3v) is 18.1. The number of rotatable bonds is 4. The second-order valence-electron chi connectivity index (χ2n) is 23.2. The van der Waals surface area contributed by atoms with E-state index in [1.54, 1.807) is 15.6 Å². The molecule has 4 unspecified atom stereocenters. The van der Waals surface area contributed by atoms with Crippen LogP contribution in [0.3, 0.4) is 0 Å². The first-order valence-electron chi connectivity index (χ1n) is 20.6. The molecule has 312 valence electrons. The zero-order valence-corrected chi connectivity index (χ0v) is 43.9. The van der Waals surface area contributed by atoms with E-state index in [1.807, 2.05) is 0 Å². The van der Waals surface area contributed by atoms with E-state index >= 15 is 0 Å². The molecule has 0 saturated heterocycles. The molecule has 0 heterocycles. The van der Waals surface area contributed by atoms with Crippen LogP contribution in [0.4, 0.5) is 0 Å². The van der Waals surface area contributed by atoms with E-state index < -0.39 is 8.07 Å². The van der Waals surface area contributed by atoms with E-state index in [4.69, 9.17) is 0 Å². The summed E-state index contributed by atoms with van der Waals surface area (Å²) in [5.74, 6) is 1.32. The molecule has 2 aliphatic carbocycles. The van der Waals surface area contributed by atoms with Gasteiger partial charge in [0.05, 0.1) is 0 Å². The topological polar surface area (TPSA) is 0 Å². The molecule has 0 aliphatic heterocycles. The maximum absolute atomic E-state index is 2.94. The van der Waals surface area contributed by atoms with E-state index in [1.165, 1.54) is 33.4 Å². The normalized spacial score (nSPS) is 20.1. The molecule has 1 fully saturated rings. The number of hydrogen-bond acceptors (Lipinski definition) is 0. The van der Waals surface area contributed by atoms with Crippen molar-refractivity contribution in [2.45, 2.75) is 170 Å². The number of halogens is 3. The maximum Gasteiger partial charge on any atom is 4.00 e. The van der Waals surface area contributed by atoms with Gasteiger partial charge in [-0.2, -0.15) is 5.92 Å². The fourth-order valence-electron chi connectivity index (χ4n) is 8.94. The van der Waals surface area contributed by atoms with Crippen LogP contribution in [0.5, 0.6) is 0 Å². The van der Waals surface area contributed by atoms with Crippen LogP contribution in [0.2, 0.25) is 5.54 Å². The molecule has 0 nitrogen and oxygen atoms in total. The van der Waals surface area contributed by atoms with Gasteiger partial charge in [-0.1, -0.05) is 210 Å². The Bertz CT molecular complexity index is 1610. The van der Waals surface area contributed by atoms with Crippen molar-refractivity contribution < 1.29 is 58.9 Å². The number of fused-ring (bicyclic) bond motifs is 1. The summed E-state index contributed by atoms with van der Waals surface area (Å²) < 4.78 is 0. The third-order valence-electron chi connectivity index (χ3n) is 12.6. The summed E-state index contributed by atoms with van der Waals surface area (Å²) >= 11 is 0. The molecular weight excluding hydrogens is 807 g/mol. The Morgan fingerprint density at radius 1 is 0.404 bits per heavy atom. The predicted octanol–water partition coefficient (Wildman–Crippen LogP) is 3.53. The Kier molecular flexibility index (Phi) is 17.1. The second kappa shape index (κ2) is 18.1. The summed E-state index contributed by atoms with van der Waals surface area (Å²) in [7, 11) is -2.94. The van der Waals surface area contributed by atoms with Gasteiger partial charge in [-0.15, -0.1) is 12.0 Å². The van der Waals surface area contributed by atoms with Gasteiger partial charge in [-0.3, -0.25) is 0 Å². The standard InChI is InChI=1S/C52H75Si.3ClH.Ti/c1-34-24-35-22-20-21-23-45(35)46(34)53(42-28-36(47(2,3)4)25-37(29-42)48(5,6)7,43-30-38(49(8,9)10)26-39(31-43)50(11,12)13)44-32-40(51(14,15)16)27-41(33-44)52(17,18)19;;;;/h20-35,45-46H,1-19H3;3*1H;/q-1;;;;+4/p-3. The van der Waals surface area contributed by atoms with Crippen LogP contribution in [-0.2, 0) is 54.2 Å². The zero-order chi connectivity index (χ0) is 39.9. The molecule has 0 amide bonds. The molecule has 5 heteroatoms. The van der Waals surface area contributed by atoms with Crippen LogP contribution < -0.4 is 52.8 Å². The van der Waals surface area contributed by atoms with Crippen molar-refractivity contribution in [1.82, 2.24) is 0 Å². The Labute approximate surface area is 385 Å². The largest absolute Gasteiger partial charge is 4.00 e. The van der Waals surface area contributed by atoms with Crippen molar-refractivity contribution in [3.8, 4) is 0 Å². The van der Waals surface area contributed by atoms with Crippen molar-refractivity contribution in [1.29, 1.82) is 0 Å². The quantitative estimate of drug-likeness (QED) is 0.214. The Balaban J connectivity index is 0.00000406. The minimum absolute atomic E-state index is 0. The molecule has 1 saturated carbocycles. The van der Waals surface area contributed by atoms with Gasteiger partial charge in [0.1, 0.15) is 8.07 Å². The fraction of sp³-hybridized carbons (Fsp3) is 0.558. The molecule has 57 heavy (non-hydrogen) atoms. The molecule has 0 radical (unpaired) electrons. The van der Waals surface area contributed by atoms with Crippen LogP contribution in [-0.4, -0.2) is 8.07 Å².